The van der Waals surface area contributed by atoms with Gasteiger partial charge in [-0.05, 0) is 68.3 Å². The SMILES string of the molecule is CC(C)(N)C(=O)N1CCN(C(=O)Nc2ccn(-c3ccc(CCN4CC5CC5(CN)C4)c(F)c3)c(=O)n2)CC1. The van der Waals surface area contributed by atoms with Gasteiger partial charge in [0.15, 0.2) is 0 Å². The maximum absolute atomic E-state index is 14.9. The maximum atomic E-state index is 14.9. The number of nitrogens with two attached hydrogens (primary N) is 2. The Bertz CT molecular complexity index is 1310. The molecule has 12 heteroatoms. The number of carbonyl (C=O) groups is 2. The summed E-state index contributed by atoms with van der Waals surface area (Å²) >= 11 is 0. The second-order valence-electron chi connectivity index (χ2n) is 11.6. The Balaban J connectivity index is 1.16. The number of carbonyl (C=O) groups excluding carboxylic acids is 2. The number of piperazine rings is 1. The van der Waals surface area contributed by atoms with Gasteiger partial charge in [0.05, 0.1) is 11.2 Å². The number of aromatic nitrogens is 2. The number of hydrogen-bond donors (Lipinski definition) is 3. The van der Waals surface area contributed by atoms with Gasteiger partial charge in [-0.15, -0.1) is 0 Å². The number of anilines is 1. The largest absolute Gasteiger partial charge is 0.354 e. The molecule has 3 fully saturated rings. The number of amides is 3. The molecule has 210 valence electrons. The predicted molar refractivity (Wildman–Crippen MR) is 145 cm³/mol. The van der Waals surface area contributed by atoms with Crippen LogP contribution in [0.2, 0.25) is 0 Å². The summed E-state index contributed by atoms with van der Waals surface area (Å²) in [5, 5.41) is 2.63. The molecule has 39 heavy (non-hydrogen) atoms. The summed E-state index contributed by atoms with van der Waals surface area (Å²) in [4.78, 5) is 47.2. The van der Waals surface area contributed by atoms with E-state index in [0.717, 1.165) is 26.2 Å². The zero-order valence-corrected chi connectivity index (χ0v) is 22.5. The third kappa shape index (κ3) is 5.68. The fraction of sp³-hybridized carbons (Fsp3) is 0.556. The van der Waals surface area contributed by atoms with Crippen molar-refractivity contribution in [3.63, 3.8) is 0 Å². The zero-order valence-electron chi connectivity index (χ0n) is 22.5. The van der Waals surface area contributed by atoms with Gasteiger partial charge in [-0.3, -0.25) is 14.7 Å². The molecular formula is C27H37FN8O3. The minimum absolute atomic E-state index is 0.0962. The lowest BCUT2D eigenvalue weighted by Gasteiger charge is -2.37. The first-order chi connectivity index (χ1) is 18.5. The highest BCUT2D eigenvalue weighted by Gasteiger charge is 2.58. The molecule has 2 aromatic rings. The molecular weight excluding hydrogens is 503 g/mol. The van der Waals surface area contributed by atoms with E-state index in [1.54, 1.807) is 35.8 Å². The number of rotatable bonds is 7. The Morgan fingerprint density at radius 2 is 1.90 bits per heavy atom. The van der Waals surface area contributed by atoms with Gasteiger partial charge >= 0.3 is 11.7 Å². The molecule has 1 aromatic heterocycles. The van der Waals surface area contributed by atoms with E-state index >= 15 is 0 Å². The number of likely N-dealkylation sites (tertiary alicyclic amines) is 1. The topological polar surface area (TPSA) is 143 Å². The molecule has 1 saturated carbocycles. The van der Waals surface area contributed by atoms with Gasteiger partial charge in [0.25, 0.3) is 0 Å². The smallest absolute Gasteiger partial charge is 0.338 e. The monoisotopic (exact) mass is 540 g/mol. The number of nitrogens with zero attached hydrogens (tertiary/aromatic N) is 5. The Morgan fingerprint density at radius 3 is 2.51 bits per heavy atom. The Kier molecular flexibility index (Phi) is 7.21. The Labute approximate surface area is 226 Å². The van der Waals surface area contributed by atoms with Crippen LogP contribution in [0, 0.1) is 17.2 Å². The summed E-state index contributed by atoms with van der Waals surface area (Å²) in [6.45, 7) is 8.23. The molecule has 5 rings (SSSR count). The minimum atomic E-state index is -0.968. The highest BCUT2D eigenvalue weighted by atomic mass is 19.1. The van der Waals surface area contributed by atoms with Crippen molar-refractivity contribution in [1.82, 2.24) is 24.3 Å². The predicted octanol–water partition coefficient (Wildman–Crippen LogP) is 0.608. The molecule has 5 N–H and O–H groups in total. The fourth-order valence-corrected chi connectivity index (χ4v) is 5.74. The van der Waals surface area contributed by atoms with Crippen LogP contribution in [0.5, 0.6) is 0 Å². The van der Waals surface area contributed by atoms with Crippen LogP contribution < -0.4 is 22.5 Å². The van der Waals surface area contributed by atoms with Gasteiger partial charge in [0, 0.05) is 52.0 Å². The quantitative estimate of drug-likeness (QED) is 0.467. The number of hydrogen-bond acceptors (Lipinski definition) is 7. The zero-order chi connectivity index (χ0) is 27.9. The van der Waals surface area contributed by atoms with Crippen LogP contribution in [0.4, 0.5) is 15.0 Å². The summed E-state index contributed by atoms with van der Waals surface area (Å²) in [5.74, 6) is 0.247. The second-order valence-corrected chi connectivity index (χ2v) is 11.6. The molecule has 0 spiro atoms. The maximum Gasteiger partial charge on any atom is 0.354 e. The van der Waals surface area contributed by atoms with Gasteiger partial charge in [-0.2, -0.15) is 4.98 Å². The van der Waals surface area contributed by atoms with Crippen molar-refractivity contribution in [2.75, 3.05) is 57.7 Å². The average molecular weight is 541 g/mol. The van der Waals surface area contributed by atoms with Crippen LogP contribution in [0.25, 0.3) is 5.69 Å². The average Bonchev–Trinajstić information content (AvgIpc) is 3.47. The number of nitrogens with one attached hydrogen (secondary N) is 1. The van der Waals surface area contributed by atoms with Crippen molar-refractivity contribution >= 4 is 17.8 Å². The molecule has 2 atom stereocenters. The van der Waals surface area contributed by atoms with Crippen LogP contribution in [0.15, 0.2) is 35.3 Å². The van der Waals surface area contributed by atoms with E-state index in [4.69, 9.17) is 11.5 Å². The molecule has 1 aliphatic carbocycles. The van der Waals surface area contributed by atoms with Crippen molar-refractivity contribution in [3.05, 3.63) is 52.3 Å². The van der Waals surface area contributed by atoms with E-state index in [-0.39, 0.29) is 17.5 Å². The number of benzene rings is 1. The number of piperidine rings is 1. The molecule has 2 saturated heterocycles. The van der Waals surface area contributed by atoms with E-state index in [9.17, 15) is 18.8 Å². The van der Waals surface area contributed by atoms with Gasteiger partial charge < -0.3 is 26.2 Å². The molecule has 3 aliphatic rings. The van der Waals surface area contributed by atoms with E-state index in [0.29, 0.717) is 55.2 Å². The standard InChI is InChI=1S/C27H37FN8O3/c1-26(2,30)23(37)34-9-11-35(12-10-34)24(38)31-22-6-8-36(25(39)32-22)20-4-3-18(21(28)13-20)5-7-33-15-19-14-27(19,16-29)17-33/h3-4,6,8,13,19H,5,7,9-12,14-17,29-30H2,1-2H3,(H,31,32,38,39). The van der Waals surface area contributed by atoms with E-state index < -0.39 is 17.3 Å². The van der Waals surface area contributed by atoms with Crippen molar-refractivity contribution in [2.45, 2.75) is 32.2 Å². The van der Waals surface area contributed by atoms with Crippen molar-refractivity contribution in [1.29, 1.82) is 0 Å². The lowest BCUT2D eigenvalue weighted by molar-refractivity contribution is -0.137. The van der Waals surface area contributed by atoms with Crippen molar-refractivity contribution in [3.8, 4) is 5.69 Å². The molecule has 3 heterocycles. The lowest BCUT2D eigenvalue weighted by atomic mass is 10.1. The van der Waals surface area contributed by atoms with Gasteiger partial charge in [-0.1, -0.05) is 6.07 Å². The first kappa shape index (κ1) is 27.2. The van der Waals surface area contributed by atoms with Crippen molar-refractivity contribution in [2.24, 2.45) is 22.8 Å². The first-order valence-electron chi connectivity index (χ1n) is 13.4. The number of urea groups is 1. The highest BCUT2D eigenvalue weighted by molar-refractivity contribution is 5.89. The molecule has 3 amide bonds. The van der Waals surface area contributed by atoms with Crippen LogP contribution in [-0.4, -0.2) is 94.1 Å². The van der Waals surface area contributed by atoms with E-state index in [2.05, 4.69) is 15.2 Å². The third-order valence-corrected chi connectivity index (χ3v) is 8.24. The minimum Gasteiger partial charge on any atom is -0.338 e. The summed E-state index contributed by atoms with van der Waals surface area (Å²) in [5.41, 5.74) is 11.5. The third-order valence-electron chi connectivity index (χ3n) is 8.24. The Hall–Kier alpha value is -3.35. The van der Waals surface area contributed by atoms with Gasteiger partial charge in [0.1, 0.15) is 11.6 Å². The van der Waals surface area contributed by atoms with Crippen LogP contribution >= 0.6 is 0 Å². The van der Waals surface area contributed by atoms with Crippen LogP contribution in [0.3, 0.4) is 0 Å². The van der Waals surface area contributed by atoms with E-state index in [1.807, 2.05) is 0 Å². The summed E-state index contributed by atoms with van der Waals surface area (Å²) in [6.07, 6.45) is 3.26. The molecule has 0 bridgehead atoms. The first-order valence-corrected chi connectivity index (χ1v) is 13.4. The van der Waals surface area contributed by atoms with Gasteiger partial charge in [-0.25, -0.2) is 14.0 Å². The summed E-state index contributed by atoms with van der Waals surface area (Å²) in [7, 11) is 0. The number of fused-ring (bicyclic) bond motifs is 1. The van der Waals surface area contributed by atoms with Crippen LogP contribution in [-0.2, 0) is 11.2 Å². The second kappa shape index (κ2) is 10.3. The van der Waals surface area contributed by atoms with Gasteiger partial charge in [0.2, 0.25) is 5.91 Å². The summed E-state index contributed by atoms with van der Waals surface area (Å²) < 4.78 is 16.1. The highest BCUT2D eigenvalue weighted by Crippen LogP contribution is 2.56. The molecule has 1 aromatic carbocycles. The van der Waals surface area contributed by atoms with E-state index in [1.165, 1.54) is 29.3 Å². The fourth-order valence-electron chi connectivity index (χ4n) is 5.74. The number of halogens is 1. The molecule has 2 aliphatic heterocycles. The Morgan fingerprint density at radius 1 is 1.18 bits per heavy atom. The normalized spacial score (nSPS) is 23.1. The molecule has 0 radical (unpaired) electrons. The van der Waals surface area contributed by atoms with Crippen LogP contribution in [0.1, 0.15) is 25.8 Å². The molecule has 11 nitrogen and oxygen atoms in total. The van der Waals surface area contributed by atoms with Crippen molar-refractivity contribution < 1.29 is 14.0 Å². The summed E-state index contributed by atoms with van der Waals surface area (Å²) in [6, 6.07) is 5.82. The lowest BCUT2D eigenvalue weighted by Crippen LogP contribution is -2.58. The molecule has 2 unspecified atom stereocenters.